The van der Waals surface area contributed by atoms with Crippen LogP contribution in [0.1, 0.15) is 37.4 Å². The number of hydrogen-bond donors (Lipinski definition) is 0. The van der Waals surface area contributed by atoms with Crippen LogP contribution >= 0.6 is 11.3 Å². The quantitative estimate of drug-likeness (QED) is 0.389. The Kier molecular flexibility index (Phi) is 6.92. The maximum absolute atomic E-state index is 12.4. The van der Waals surface area contributed by atoms with Crippen molar-refractivity contribution in [3.05, 3.63) is 87.6 Å². The van der Waals surface area contributed by atoms with E-state index in [1.807, 2.05) is 31.2 Å². The second-order valence-electron chi connectivity index (χ2n) is 6.21. The molecule has 1 aromatic heterocycles. The van der Waals surface area contributed by atoms with Gasteiger partial charge in [0.1, 0.15) is 5.75 Å². The number of benzene rings is 2. The zero-order chi connectivity index (χ0) is 20.6. The van der Waals surface area contributed by atoms with E-state index in [1.54, 1.807) is 42.5 Å². The molecule has 0 unspecified atom stereocenters. The van der Waals surface area contributed by atoms with E-state index in [0.717, 1.165) is 11.3 Å². The van der Waals surface area contributed by atoms with Crippen LogP contribution in [0, 0.1) is 0 Å². The minimum atomic E-state index is -0.630. The Morgan fingerprint density at radius 3 is 2.17 bits per heavy atom. The molecular weight excluding hydrogens is 388 g/mol. The van der Waals surface area contributed by atoms with Crippen molar-refractivity contribution in [1.82, 2.24) is 0 Å². The number of esters is 1. The summed E-state index contributed by atoms with van der Waals surface area (Å²) in [6.07, 6.45) is 0.862. The van der Waals surface area contributed by atoms with E-state index in [9.17, 15) is 14.4 Å². The number of hydrogen-bond acceptors (Lipinski definition) is 6. The Hall–Kier alpha value is -3.25. The van der Waals surface area contributed by atoms with E-state index in [2.05, 4.69) is 0 Å². The highest BCUT2D eigenvalue weighted by molar-refractivity contribution is 7.14. The molecule has 0 spiro atoms. The summed E-state index contributed by atoms with van der Waals surface area (Å²) in [5, 5.41) is 0. The van der Waals surface area contributed by atoms with Crippen molar-refractivity contribution in [3.8, 4) is 5.75 Å². The second-order valence-corrected chi connectivity index (χ2v) is 7.38. The van der Waals surface area contributed by atoms with Gasteiger partial charge in [-0.3, -0.25) is 9.59 Å². The van der Waals surface area contributed by atoms with Crippen LogP contribution in [0.3, 0.4) is 0 Å². The predicted octanol–water partition coefficient (Wildman–Crippen LogP) is 4.35. The number of carbonyl (C=O) groups is 3. The molecular formula is C23H20O5S. The van der Waals surface area contributed by atoms with E-state index in [4.69, 9.17) is 9.47 Å². The average molecular weight is 408 g/mol. The van der Waals surface area contributed by atoms with Crippen LogP contribution in [0.4, 0.5) is 0 Å². The van der Waals surface area contributed by atoms with Gasteiger partial charge in [-0.15, -0.1) is 11.3 Å². The summed E-state index contributed by atoms with van der Waals surface area (Å²) >= 11 is 1.41. The summed E-state index contributed by atoms with van der Waals surface area (Å²) in [7, 11) is 0. The van der Waals surface area contributed by atoms with Crippen LogP contribution in [-0.4, -0.2) is 30.7 Å². The Morgan fingerprint density at radius 1 is 0.828 bits per heavy atom. The number of rotatable bonds is 9. The Labute approximate surface area is 172 Å². The fourth-order valence-corrected chi connectivity index (χ4v) is 3.45. The molecule has 5 nitrogen and oxygen atoms in total. The Morgan fingerprint density at radius 2 is 1.52 bits per heavy atom. The summed E-state index contributed by atoms with van der Waals surface area (Å²) in [4.78, 5) is 37.9. The van der Waals surface area contributed by atoms with Crippen molar-refractivity contribution in [2.24, 2.45) is 0 Å². The normalized spacial score (nSPS) is 10.4. The van der Waals surface area contributed by atoms with Crippen LogP contribution in [0.25, 0.3) is 0 Å². The van der Waals surface area contributed by atoms with E-state index in [-0.39, 0.29) is 24.8 Å². The number of ether oxygens (including phenoxy) is 2. The standard InChI is InChI=1S/C23H20O5S/c1-2-19-12-13-21(29-19)20(24)14-28-22(25)15-27-18-10-8-17(9-11-18)23(26)16-6-4-3-5-7-16/h3-13H,2,14-15H2,1H3. The molecule has 0 saturated carbocycles. The van der Waals surface area contributed by atoms with E-state index in [1.165, 1.54) is 11.3 Å². The molecule has 2 aromatic carbocycles. The molecule has 29 heavy (non-hydrogen) atoms. The first kappa shape index (κ1) is 20.5. The zero-order valence-corrected chi connectivity index (χ0v) is 16.7. The van der Waals surface area contributed by atoms with Crippen LogP contribution in [0.5, 0.6) is 5.75 Å². The SMILES string of the molecule is CCc1ccc(C(=O)COC(=O)COc2ccc(C(=O)c3ccccc3)cc2)s1. The zero-order valence-electron chi connectivity index (χ0n) is 15.9. The largest absolute Gasteiger partial charge is 0.482 e. The first-order valence-corrected chi connectivity index (χ1v) is 9.98. The van der Waals surface area contributed by atoms with Crippen molar-refractivity contribution in [2.75, 3.05) is 13.2 Å². The fraction of sp³-hybridized carbons (Fsp3) is 0.174. The molecule has 0 aliphatic rings. The van der Waals surface area contributed by atoms with Gasteiger partial charge in [0.2, 0.25) is 5.78 Å². The van der Waals surface area contributed by atoms with Crippen LogP contribution < -0.4 is 4.74 Å². The van der Waals surface area contributed by atoms with Gasteiger partial charge in [-0.25, -0.2) is 4.79 Å². The van der Waals surface area contributed by atoms with Crippen molar-refractivity contribution in [1.29, 1.82) is 0 Å². The third-order valence-electron chi connectivity index (χ3n) is 4.16. The second kappa shape index (κ2) is 9.80. The van der Waals surface area contributed by atoms with E-state index in [0.29, 0.717) is 21.8 Å². The third-order valence-corrected chi connectivity index (χ3v) is 5.43. The lowest BCUT2D eigenvalue weighted by Crippen LogP contribution is -2.19. The minimum Gasteiger partial charge on any atom is -0.482 e. The molecule has 3 aromatic rings. The highest BCUT2D eigenvalue weighted by Gasteiger charge is 2.13. The summed E-state index contributed by atoms with van der Waals surface area (Å²) in [6, 6.07) is 19.1. The first-order chi connectivity index (χ1) is 14.1. The van der Waals surface area contributed by atoms with Gasteiger partial charge in [0.25, 0.3) is 0 Å². The van der Waals surface area contributed by atoms with Gasteiger partial charge >= 0.3 is 5.97 Å². The summed E-state index contributed by atoms with van der Waals surface area (Å²) in [6.45, 7) is 1.39. The van der Waals surface area contributed by atoms with Gasteiger partial charge in [0, 0.05) is 16.0 Å². The number of thiophene rings is 1. The Balaban J connectivity index is 1.46. The lowest BCUT2D eigenvalue weighted by molar-refractivity contribution is -0.144. The molecule has 0 aliphatic carbocycles. The summed E-state index contributed by atoms with van der Waals surface area (Å²) < 4.78 is 10.4. The Bertz CT molecular complexity index is 990. The van der Waals surface area contributed by atoms with Crippen molar-refractivity contribution in [3.63, 3.8) is 0 Å². The summed E-state index contributed by atoms with van der Waals surface area (Å²) in [5.74, 6) is -0.513. The number of carbonyl (C=O) groups excluding carboxylic acids is 3. The first-order valence-electron chi connectivity index (χ1n) is 9.17. The molecule has 1 heterocycles. The van der Waals surface area contributed by atoms with Gasteiger partial charge in [0.05, 0.1) is 4.88 Å². The minimum absolute atomic E-state index is 0.0881. The van der Waals surface area contributed by atoms with Gasteiger partial charge < -0.3 is 9.47 Å². The van der Waals surface area contributed by atoms with E-state index >= 15 is 0 Å². The van der Waals surface area contributed by atoms with Gasteiger partial charge in [-0.05, 0) is 42.8 Å². The molecule has 0 atom stereocenters. The smallest absolute Gasteiger partial charge is 0.344 e. The topological polar surface area (TPSA) is 69.7 Å². The molecule has 0 radical (unpaired) electrons. The summed E-state index contributed by atoms with van der Waals surface area (Å²) in [5.41, 5.74) is 1.13. The van der Waals surface area contributed by atoms with Gasteiger partial charge in [-0.1, -0.05) is 37.3 Å². The highest BCUT2D eigenvalue weighted by Crippen LogP contribution is 2.18. The monoisotopic (exact) mass is 408 g/mol. The highest BCUT2D eigenvalue weighted by atomic mass is 32.1. The molecule has 0 bridgehead atoms. The molecule has 0 amide bonds. The van der Waals surface area contributed by atoms with Crippen molar-refractivity contribution in [2.45, 2.75) is 13.3 Å². The molecule has 0 fully saturated rings. The fourth-order valence-electron chi connectivity index (χ4n) is 2.58. The van der Waals surface area contributed by atoms with Crippen molar-refractivity contribution >= 4 is 28.9 Å². The third kappa shape index (κ3) is 5.62. The number of Topliss-reactive ketones (excluding diaryl/α,β-unsaturated/α-hetero) is 1. The molecule has 0 N–H and O–H groups in total. The molecule has 3 rings (SSSR count). The van der Waals surface area contributed by atoms with Crippen LogP contribution in [-0.2, 0) is 16.0 Å². The molecule has 0 saturated heterocycles. The lowest BCUT2D eigenvalue weighted by atomic mass is 10.0. The van der Waals surface area contributed by atoms with Gasteiger partial charge in [0.15, 0.2) is 19.0 Å². The van der Waals surface area contributed by atoms with Crippen molar-refractivity contribution < 1.29 is 23.9 Å². The average Bonchev–Trinajstić information content (AvgIpc) is 3.26. The van der Waals surface area contributed by atoms with Gasteiger partial charge in [-0.2, -0.15) is 0 Å². The molecule has 0 aliphatic heterocycles. The number of aryl methyl sites for hydroxylation is 1. The molecule has 6 heteroatoms. The maximum Gasteiger partial charge on any atom is 0.344 e. The van der Waals surface area contributed by atoms with Crippen LogP contribution in [0.15, 0.2) is 66.7 Å². The lowest BCUT2D eigenvalue weighted by Gasteiger charge is -2.07. The molecule has 148 valence electrons. The van der Waals surface area contributed by atoms with E-state index < -0.39 is 5.97 Å². The van der Waals surface area contributed by atoms with Crippen LogP contribution in [0.2, 0.25) is 0 Å². The number of ketones is 2. The predicted molar refractivity (Wildman–Crippen MR) is 111 cm³/mol. The maximum atomic E-state index is 12.4.